The van der Waals surface area contributed by atoms with Crippen LogP contribution in [0.1, 0.15) is 18.1 Å². The lowest BCUT2D eigenvalue weighted by Crippen LogP contribution is -2.05. The molecule has 0 saturated carbocycles. The molecule has 0 bridgehead atoms. The van der Waals surface area contributed by atoms with Crippen molar-refractivity contribution in [2.45, 2.75) is 19.9 Å². The molecule has 0 aliphatic rings. The number of halogens is 1. The zero-order chi connectivity index (χ0) is 13.7. The highest BCUT2D eigenvalue weighted by Gasteiger charge is 2.08. The summed E-state index contributed by atoms with van der Waals surface area (Å²) in [5.74, 6) is 1.25. The lowest BCUT2D eigenvalue weighted by Gasteiger charge is -2.11. The van der Waals surface area contributed by atoms with Crippen LogP contribution in [0, 0.1) is 0 Å². The van der Waals surface area contributed by atoms with Crippen LogP contribution >= 0.6 is 11.6 Å². The fourth-order valence-electron chi connectivity index (χ4n) is 1.84. The number of hydrogen-bond donors (Lipinski definition) is 1. The van der Waals surface area contributed by atoms with E-state index in [0.717, 1.165) is 29.8 Å². The molecule has 0 radical (unpaired) electrons. The molecular weight excluding hydrogens is 260 g/mol. The van der Waals surface area contributed by atoms with E-state index in [2.05, 4.69) is 17.2 Å². The highest BCUT2D eigenvalue weighted by molar-refractivity contribution is 6.31. The molecule has 0 saturated heterocycles. The number of aryl methyl sites for hydroxylation is 1. The molecule has 0 aliphatic heterocycles. The third-order valence-electron chi connectivity index (χ3n) is 2.81. The van der Waals surface area contributed by atoms with Crippen molar-refractivity contribution in [2.75, 3.05) is 7.05 Å². The minimum absolute atomic E-state index is 0.447. The molecule has 0 spiro atoms. The number of nitrogens with one attached hydrogen (secondary N) is 1. The largest absolute Gasteiger partial charge is 0.437 e. The molecule has 2 rings (SSSR count). The predicted molar refractivity (Wildman–Crippen MR) is 77.9 cm³/mol. The summed E-state index contributed by atoms with van der Waals surface area (Å²) in [4.78, 5) is 4.27. The number of ether oxygens (including phenoxy) is 1. The Bertz CT molecular complexity index is 558. The average molecular weight is 277 g/mol. The SMILES string of the molecule is CCc1ccccc1Oc1ncc(CNC)cc1Cl. The van der Waals surface area contributed by atoms with E-state index >= 15 is 0 Å². The second kappa shape index (κ2) is 6.55. The second-order valence-corrected chi connectivity index (χ2v) is 4.63. The summed E-state index contributed by atoms with van der Waals surface area (Å²) in [7, 11) is 1.88. The Morgan fingerprint density at radius 1 is 1.32 bits per heavy atom. The number of hydrogen-bond acceptors (Lipinski definition) is 3. The van der Waals surface area contributed by atoms with E-state index in [1.54, 1.807) is 6.20 Å². The Kier molecular flexibility index (Phi) is 4.77. The van der Waals surface area contributed by atoms with Crippen LogP contribution in [0.5, 0.6) is 11.6 Å². The number of pyridine rings is 1. The van der Waals surface area contributed by atoms with Crippen molar-refractivity contribution in [2.24, 2.45) is 0 Å². The molecule has 0 atom stereocenters. The van der Waals surface area contributed by atoms with Gasteiger partial charge in [-0.2, -0.15) is 0 Å². The van der Waals surface area contributed by atoms with Gasteiger partial charge in [-0.1, -0.05) is 36.7 Å². The first-order valence-corrected chi connectivity index (χ1v) is 6.67. The number of para-hydroxylation sites is 1. The van der Waals surface area contributed by atoms with Gasteiger partial charge in [-0.25, -0.2) is 4.98 Å². The normalized spacial score (nSPS) is 10.5. The fraction of sp³-hybridized carbons (Fsp3) is 0.267. The van der Waals surface area contributed by atoms with E-state index in [-0.39, 0.29) is 0 Å². The lowest BCUT2D eigenvalue weighted by molar-refractivity contribution is 0.457. The minimum Gasteiger partial charge on any atom is -0.437 e. The molecule has 1 heterocycles. The first kappa shape index (κ1) is 13.8. The smallest absolute Gasteiger partial charge is 0.238 e. The van der Waals surface area contributed by atoms with Crippen molar-refractivity contribution in [3.8, 4) is 11.6 Å². The molecule has 1 aromatic heterocycles. The summed E-state index contributed by atoms with van der Waals surface area (Å²) in [6.07, 6.45) is 2.68. The van der Waals surface area contributed by atoms with Crippen LogP contribution in [0.15, 0.2) is 36.5 Å². The summed E-state index contributed by atoms with van der Waals surface area (Å²) >= 11 is 6.20. The topological polar surface area (TPSA) is 34.1 Å². The van der Waals surface area contributed by atoms with E-state index in [4.69, 9.17) is 16.3 Å². The van der Waals surface area contributed by atoms with E-state index < -0.39 is 0 Å². The van der Waals surface area contributed by atoms with Crippen LogP contribution in [0.2, 0.25) is 5.02 Å². The Labute approximate surface area is 118 Å². The van der Waals surface area contributed by atoms with Gasteiger partial charge in [0.25, 0.3) is 0 Å². The van der Waals surface area contributed by atoms with Gasteiger partial charge in [0, 0.05) is 12.7 Å². The highest BCUT2D eigenvalue weighted by atomic mass is 35.5. The maximum atomic E-state index is 6.20. The summed E-state index contributed by atoms with van der Waals surface area (Å²) in [5.41, 5.74) is 2.17. The summed E-state index contributed by atoms with van der Waals surface area (Å²) < 4.78 is 5.80. The van der Waals surface area contributed by atoms with Gasteiger partial charge in [-0.3, -0.25) is 0 Å². The third kappa shape index (κ3) is 3.46. The zero-order valence-corrected chi connectivity index (χ0v) is 11.9. The van der Waals surface area contributed by atoms with Gasteiger partial charge in [0.05, 0.1) is 0 Å². The van der Waals surface area contributed by atoms with Gasteiger partial charge in [-0.15, -0.1) is 0 Å². The number of aromatic nitrogens is 1. The summed E-state index contributed by atoms with van der Waals surface area (Å²) in [6.45, 7) is 2.83. The van der Waals surface area contributed by atoms with Crippen molar-refractivity contribution < 1.29 is 4.74 Å². The Balaban J connectivity index is 2.23. The summed E-state index contributed by atoms with van der Waals surface area (Å²) in [5, 5.41) is 3.59. The average Bonchev–Trinajstić information content (AvgIpc) is 2.43. The fourth-order valence-corrected chi connectivity index (χ4v) is 2.07. The number of rotatable bonds is 5. The standard InChI is InChI=1S/C15H17ClN2O/c1-3-12-6-4-5-7-14(12)19-15-13(16)8-11(9-17-2)10-18-15/h4-8,10,17H,3,9H2,1-2H3. The van der Waals surface area contributed by atoms with E-state index in [0.29, 0.717) is 10.9 Å². The molecular formula is C15H17ClN2O. The van der Waals surface area contributed by atoms with Crippen molar-refractivity contribution in [1.29, 1.82) is 0 Å². The van der Waals surface area contributed by atoms with E-state index in [1.807, 2.05) is 37.4 Å². The van der Waals surface area contributed by atoms with E-state index in [9.17, 15) is 0 Å². The second-order valence-electron chi connectivity index (χ2n) is 4.22. The highest BCUT2D eigenvalue weighted by Crippen LogP contribution is 2.29. The Hall–Kier alpha value is -1.58. The van der Waals surface area contributed by atoms with Crippen molar-refractivity contribution >= 4 is 11.6 Å². The van der Waals surface area contributed by atoms with Gasteiger partial charge in [-0.05, 0) is 36.7 Å². The van der Waals surface area contributed by atoms with Crippen LogP contribution < -0.4 is 10.1 Å². The number of benzene rings is 1. The molecule has 1 aromatic carbocycles. The van der Waals surface area contributed by atoms with Gasteiger partial charge in [0.1, 0.15) is 10.8 Å². The maximum absolute atomic E-state index is 6.20. The van der Waals surface area contributed by atoms with Crippen LogP contribution in [0.4, 0.5) is 0 Å². The van der Waals surface area contributed by atoms with Crippen molar-refractivity contribution in [3.05, 3.63) is 52.7 Å². The summed E-state index contributed by atoms with van der Waals surface area (Å²) in [6, 6.07) is 9.78. The van der Waals surface area contributed by atoms with Gasteiger partial charge in [0.2, 0.25) is 5.88 Å². The van der Waals surface area contributed by atoms with Crippen LogP contribution in [0.25, 0.3) is 0 Å². The molecule has 0 amide bonds. The van der Waals surface area contributed by atoms with Gasteiger partial charge >= 0.3 is 0 Å². The van der Waals surface area contributed by atoms with Crippen LogP contribution in [-0.2, 0) is 13.0 Å². The molecule has 0 fully saturated rings. The molecule has 1 N–H and O–H groups in total. The molecule has 0 aliphatic carbocycles. The zero-order valence-electron chi connectivity index (χ0n) is 11.1. The Morgan fingerprint density at radius 2 is 2.11 bits per heavy atom. The Morgan fingerprint density at radius 3 is 2.79 bits per heavy atom. The third-order valence-corrected chi connectivity index (χ3v) is 3.08. The minimum atomic E-state index is 0.447. The predicted octanol–water partition coefficient (Wildman–Crippen LogP) is 3.81. The molecule has 2 aromatic rings. The molecule has 100 valence electrons. The lowest BCUT2D eigenvalue weighted by atomic mass is 10.1. The van der Waals surface area contributed by atoms with Gasteiger partial charge < -0.3 is 10.1 Å². The van der Waals surface area contributed by atoms with Gasteiger partial charge in [0.15, 0.2) is 0 Å². The van der Waals surface area contributed by atoms with Crippen molar-refractivity contribution in [1.82, 2.24) is 10.3 Å². The molecule has 4 heteroatoms. The monoisotopic (exact) mass is 276 g/mol. The first-order valence-electron chi connectivity index (χ1n) is 6.29. The maximum Gasteiger partial charge on any atom is 0.238 e. The van der Waals surface area contributed by atoms with Crippen molar-refractivity contribution in [3.63, 3.8) is 0 Å². The first-order chi connectivity index (χ1) is 9.24. The molecule has 3 nitrogen and oxygen atoms in total. The van der Waals surface area contributed by atoms with E-state index in [1.165, 1.54) is 0 Å². The molecule has 0 unspecified atom stereocenters. The quantitative estimate of drug-likeness (QED) is 0.902. The number of nitrogens with zero attached hydrogens (tertiary/aromatic N) is 1. The van der Waals surface area contributed by atoms with Crippen LogP contribution in [-0.4, -0.2) is 12.0 Å². The molecule has 19 heavy (non-hydrogen) atoms. The van der Waals surface area contributed by atoms with Crippen LogP contribution in [0.3, 0.4) is 0 Å².